The van der Waals surface area contributed by atoms with E-state index in [1.165, 1.54) is 19.3 Å². The third kappa shape index (κ3) is 4.20. The fourth-order valence-corrected chi connectivity index (χ4v) is 3.66. The van der Waals surface area contributed by atoms with Crippen molar-refractivity contribution < 1.29 is 4.92 Å². The minimum atomic E-state index is -0.754. The van der Waals surface area contributed by atoms with Crippen LogP contribution in [-0.4, -0.2) is 59.5 Å². The number of fused-ring (bicyclic) bond motifs is 1. The smallest absolute Gasteiger partial charge is 0.247 e. The van der Waals surface area contributed by atoms with Gasteiger partial charge in [-0.05, 0) is 32.9 Å². The van der Waals surface area contributed by atoms with Crippen LogP contribution in [0.2, 0.25) is 0 Å². The maximum Gasteiger partial charge on any atom is 0.247 e. The van der Waals surface area contributed by atoms with Crippen LogP contribution in [0.5, 0.6) is 0 Å². The van der Waals surface area contributed by atoms with E-state index < -0.39 is 5.54 Å². The van der Waals surface area contributed by atoms with E-state index >= 15 is 0 Å². The number of halogens is 2. The first kappa shape index (κ1) is 19.9. The van der Waals surface area contributed by atoms with E-state index in [2.05, 4.69) is 9.80 Å². The molecule has 0 spiro atoms. The Kier molecular flexibility index (Phi) is 8.33. The van der Waals surface area contributed by atoms with Crippen LogP contribution in [0.1, 0.15) is 39.0 Å². The monoisotopic (exact) mass is 327 g/mol. The Bertz CT molecular complexity index is 320. The minimum Gasteiger partial charge on any atom is -0.298 e. The van der Waals surface area contributed by atoms with Gasteiger partial charge in [0.05, 0.1) is 13.1 Å². The molecule has 120 valence electrons. The molecule has 0 aromatic carbocycles. The molecule has 2 saturated heterocycles. The summed E-state index contributed by atoms with van der Waals surface area (Å²) in [7, 11) is 2.03. The first-order chi connectivity index (χ1) is 8.57. The number of nitrogens with zero attached hydrogens (tertiary/aromatic N) is 3. The summed E-state index contributed by atoms with van der Waals surface area (Å²) in [6.07, 6.45) is 5.24. The van der Waals surface area contributed by atoms with Crippen molar-refractivity contribution in [3.05, 3.63) is 10.1 Å². The maximum absolute atomic E-state index is 11.6. The van der Waals surface area contributed by atoms with Gasteiger partial charge in [-0.1, -0.05) is 13.3 Å². The maximum atomic E-state index is 11.6. The molecule has 2 unspecified atom stereocenters. The predicted molar refractivity (Wildman–Crippen MR) is 85.8 cm³/mol. The van der Waals surface area contributed by atoms with Crippen LogP contribution in [0, 0.1) is 10.1 Å². The van der Waals surface area contributed by atoms with Gasteiger partial charge < -0.3 is 0 Å². The molecule has 0 aromatic heterocycles. The molecule has 2 aliphatic heterocycles. The van der Waals surface area contributed by atoms with E-state index in [4.69, 9.17) is 0 Å². The zero-order valence-corrected chi connectivity index (χ0v) is 14.0. The summed E-state index contributed by atoms with van der Waals surface area (Å²) in [6.45, 7) is 5.31. The van der Waals surface area contributed by atoms with E-state index in [-0.39, 0.29) is 29.7 Å². The standard InChI is InChI=1S/C13H25N3O2.2ClH/c1-3-7-13(16(17)18)10-14(2)9-12-6-4-5-8-15(12)11-13;;/h12H,3-11H2,1-2H3;2*1H. The Balaban J connectivity index is 0.00000180. The molecule has 0 bridgehead atoms. The molecule has 0 aliphatic carbocycles. The molecule has 7 heteroatoms. The molecule has 2 rings (SSSR count). The van der Waals surface area contributed by atoms with E-state index in [1.807, 2.05) is 14.0 Å². The molecule has 0 amide bonds. The zero-order chi connectivity index (χ0) is 13.2. The number of nitro groups is 1. The van der Waals surface area contributed by atoms with Crippen LogP contribution < -0.4 is 0 Å². The summed E-state index contributed by atoms with van der Waals surface area (Å²) in [5.41, 5.74) is -0.754. The zero-order valence-electron chi connectivity index (χ0n) is 12.4. The molecule has 0 N–H and O–H groups in total. The normalized spacial score (nSPS) is 31.4. The van der Waals surface area contributed by atoms with Gasteiger partial charge in [-0.25, -0.2) is 0 Å². The third-order valence-electron chi connectivity index (χ3n) is 4.44. The van der Waals surface area contributed by atoms with E-state index in [9.17, 15) is 10.1 Å². The third-order valence-corrected chi connectivity index (χ3v) is 4.44. The highest BCUT2D eigenvalue weighted by molar-refractivity contribution is 5.85. The van der Waals surface area contributed by atoms with Gasteiger partial charge in [0.2, 0.25) is 5.54 Å². The van der Waals surface area contributed by atoms with Crippen molar-refractivity contribution in [1.82, 2.24) is 9.80 Å². The second-order valence-electron chi connectivity index (χ2n) is 6.05. The van der Waals surface area contributed by atoms with Crippen LogP contribution in [0.4, 0.5) is 0 Å². The van der Waals surface area contributed by atoms with Crippen LogP contribution in [0.25, 0.3) is 0 Å². The summed E-state index contributed by atoms with van der Waals surface area (Å²) in [5, 5.41) is 11.6. The molecular formula is C13H27Cl2N3O2. The summed E-state index contributed by atoms with van der Waals surface area (Å²) in [6, 6.07) is 0.530. The fraction of sp³-hybridized carbons (Fsp3) is 1.00. The molecule has 5 nitrogen and oxygen atoms in total. The number of hydrogen-bond donors (Lipinski definition) is 0. The Hall–Kier alpha value is -0.100. The molecule has 2 heterocycles. The highest BCUT2D eigenvalue weighted by atomic mass is 35.5. The summed E-state index contributed by atoms with van der Waals surface area (Å²) in [5.74, 6) is 0. The minimum absolute atomic E-state index is 0. The van der Waals surface area contributed by atoms with E-state index in [0.717, 1.165) is 19.5 Å². The average molecular weight is 328 g/mol. The molecule has 2 atom stereocenters. The van der Waals surface area contributed by atoms with Crippen molar-refractivity contribution in [2.24, 2.45) is 0 Å². The summed E-state index contributed by atoms with van der Waals surface area (Å²) in [4.78, 5) is 16.1. The molecule has 0 aromatic rings. The van der Waals surface area contributed by atoms with Crippen LogP contribution >= 0.6 is 24.8 Å². The van der Waals surface area contributed by atoms with E-state index in [0.29, 0.717) is 25.6 Å². The highest BCUT2D eigenvalue weighted by Gasteiger charge is 2.48. The van der Waals surface area contributed by atoms with Crippen molar-refractivity contribution in [1.29, 1.82) is 0 Å². The van der Waals surface area contributed by atoms with Gasteiger partial charge in [-0.3, -0.25) is 19.9 Å². The predicted octanol–water partition coefficient (Wildman–Crippen LogP) is 2.45. The van der Waals surface area contributed by atoms with Gasteiger partial charge in [0.1, 0.15) is 0 Å². The summed E-state index contributed by atoms with van der Waals surface area (Å²) < 4.78 is 0. The van der Waals surface area contributed by atoms with E-state index in [1.54, 1.807) is 0 Å². The first-order valence-corrected chi connectivity index (χ1v) is 7.14. The lowest BCUT2D eigenvalue weighted by atomic mass is 9.92. The fourth-order valence-electron chi connectivity index (χ4n) is 3.66. The van der Waals surface area contributed by atoms with Crippen LogP contribution in [-0.2, 0) is 0 Å². The Labute approximate surface area is 134 Å². The van der Waals surface area contributed by atoms with Crippen molar-refractivity contribution in [2.45, 2.75) is 50.6 Å². The largest absolute Gasteiger partial charge is 0.298 e. The number of hydrogen-bond acceptors (Lipinski definition) is 4. The van der Waals surface area contributed by atoms with Crippen molar-refractivity contribution in [3.8, 4) is 0 Å². The molecule has 2 aliphatic rings. The van der Waals surface area contributed by atoms with Gasteiger partial charge in [0.15, 0.2) is 0 Å². The quantitative estimate of drug-likeness (QED) is 0.590. The lowest BCUT2D eigenvalue weighted by Crippen LogP contribution is -2.53. The molecule has 0 radical (unpaired) electrons. The Morgan fingerprint density at radius 1 is 1.30 bits per heavy atom. The lowest BCUT2D eigenvalue weighted by Gasteiger charge is -2.36. The summed E-state index contributed by atoms with van der Waals surface area (Å²) >= 11 is 0. The Morgan fingerprint density at radius 2 is 2.00 bits per heavy atom. The second kappa shape index (κ2) is 8.37. The SMILES string of the molecule is CCCC1([N+](=O)[O-])CN(C)CC2CCCCN2C1.Cl.Cl. The van der Waals surface area contributed by atoms with Gasteiger partial charge in [-0.2, -0.15) is 0 Å². The topological polar surface area (TPSA) is 49.6 Å². The molecule has 0 saturated carbocycles. The number of likely N-dealkylation sites (N-methyl/N-ethyl adjacent to an activating group) is 1. The van der Waals surface area contributed by atoms with Crippen molar-refractivity contribution in [3.63, 3.8) is 0 Å². The average Bonchev–Trinajstić information content (AvgIpc) is 2.45. The van der Waals surface area contributed by atoms with Gasteiger partial charge in [0.25, 0.3) is 0 Å². The van der Waals surface area contributed by atoms with Crippen LogP contribution in [0.3, 0.4) is 0 Å². The molecule has 20 heavy (non-hydrogen) atoms. The first-order valence-electron chi connectivity index (χ1n) is 7.14. The van der Waals surface area contributed by atoms with Crippen molar-refractivity contribution in [2.75, 3.05) is 33.2 Å². The van der Waals surface area contributed by atoms with Gasteiger partial charge in [0, 0.05) is 23.9 Å². The van der Waals surface area contributed by atoms with Crippen molar-refractivity contribution >= 4 is 24.8 Å². The highest BCUT2D eigenvalue weighted by Crippen LogP contribution is 2.28. The van der Waals surface area contributed by atoms with Gasteiger partial charge >= 0.3 is 0 Å². The van der Waals surface area contributed by atoms with Gasteiger partial charge in [-0.15, -0.1) is 24.8 Å². The number of piperidine rings is 1. The molecule has 2 fully saturated rings. The molecular weight excluding hydrogens is 301 g/mol. The van der Waals surface area contributed by atoms with Crippen LogP contribution in [0.15, 0.2) is 0 Å². The second-order valence-corrected chi connectivity index (χ2v) is 6.05. The lowest BCUT2D eigenvalue weighted by molar-refractivity contribution is -0.571. The number of rotatable bonds is 3. The Morgan fingerprint density at radius 3 is 2.60 bits per heavy atom.